The van der Waals surface area contributed by atoms with Crippen molar-refractivity contribution in [1.29, 1.82) is 0 Å². The molecular formula is C27H20ClF4N7O3. The van der Waals surface area contributed by atoms with Crippen LogP contribution >= 0.6 is 11.6 Å². The van der Waals surface area contributed by atoms with Gasteiger partial charge in [0.15, 0.2) is 23.5 Å². The van der Waals surface area contributed by atoms with E-state index in [1.54, 1.807) is 18.2 Å². The number of aromatic nitrogens is 7. The fourth-order valence-corrected chi connectivity index (χ4v) is 4.25. The molecule has 0 spiro atoms. The number of carbonyl (C=O) groups excluding carboxylic acids is 1. The highest BCUT2D eigenvalue weighted by atomic mass is 35.5. The molecule has 0 aliphatic rings. The summed E-state index contributed by atoms with van der Waals surface area (Å²) in [6.45, 7) is -1.41. The summed E-state index contributed by atoms with van der Waals surface area (Å²) in [7, 11) is 0. The SMILES string of the molecule is O=C(Cc1ncccc1-n1cnc(Cn2nc(-c3ccc(Cl)cc3)n(C[C@H](O)C(F)(F)F)c2=O)n1)c1ccccc1F. The molecule has 1 N–H and O–H groups in total. The number of nitrogens with zero attached hydrogens (tertiary/aromatic N) is 7. The van der Waals surface area contributed by atoms with Crippen LogP contribution in [0.5, 0.6) is 0 Å². The van der Waals surface area contributed by atoms with Crippen LogP contribution in [0.15, 0.2) is 78.0 Å². The molecule has 0 unspecified atom stereocenters. The molecule has 0 fully saturated rings. The molecule has 216 valence electrons. The van der Waals surface area contributed by atoms with Gasteiger partial charge in [0, 0.05) is 16.8 Å². The maximum atomic E-state index is 14.1. The van der Waals surface area contributed by atoms with E-state index in [1.807, 2.05) is 0 Å². The van der Waals surface area contributed by atoms with Crippen LogP contribution in [0.3, 0.4) is 0 Å². The Balaban J connectivity index is 1.44. The van der Waals surface area contributed by atoms with E-state index in [0.29, 0.717) is 20.8 Å². The second-order valence-electron chi connectivity index (χ2n) is 9.09. The number of aliphatic hydroxyl groups is 1. The first-order valence-corrected chi connectivity index (χ1v) is 12.7. The van der Waals surface area contributed by atoms with Crippen molar-refractivity contribution in [3.8, 4) is 17.1 Å². The molecule has 3 aromatic heterocycles. The zero-order valence-corrected chi connectivity index (χ0v) is 22.2. The number of benzene rings is 2. The van der Waals surface area contributed by atoms with Crippen molar-refractivity contribution < 1.29 is 27.5 Å². The topological polar surface area (TPSA) is 121 Å². The summed E-state index contributed by atoms with van der Waals surface area (Å²) in [5.41, 5.74) is -0.0703. The van der Waals surface area contributed by atoms with Crippen molar-refractivity contribution >= 4 is 17.4 Å². The number of alkyl halides is 3. The van der Waals surface area contributed by atoms with Crippen molar-refractivity contribution in [3.63, 3.8) is 0 Å². The number of carbonyl (C=O) groups is 1. The number of hydrogen-bond acceptors (Lipinski definition) is 7. The molecule has 0 saturated heterocycles. The zero-order chi connectivity index (χ0) is 30.0. The van der Waals surface area contributed by atoms with Gasteiger partial charge in [0.25, 0.3) is 0 Å². The lowest BCUT2D eigenvalue weighted by Gasteiger charge is -2.15. The maximum Gasteiger partial charge on any atom is 0.416 e. The van der Waals surface area contributed by atoms with E-state index in [2.05, 4.69) is 20.2 Å². The minimum Gasteiger partial charge on any atom is -0.382 e. The Bertz CT molecular complexity index is 1800. The summed E-state index contributed by atoms with van der Waals surface area (Å²) in [6, 6.07) is 14.7. The van der Waals surface area contributed by atoms with Crippen LogP contribution in [0, 0.1) is 5.82 Å². The molecular weight excluding hydrogens is 582 g/mol. The quantitative estimate of drug-likeness (QED) is 0.201. The maximum absolute atomic E-state index is 14.1. The second kappa shape index (κ2) is 11.7. The van der Waals surface area contributed by atoms with E-state index in [-0.39, 0.29) is 35.9 Å². The van der Waals surface area contributed by atoms with E-state index in [1.165, 1.54) is 59.7 Å². The average Bonchev–Trinajstić information content (AvgIpc) is 3.54. The second-order valence-corrected chi connectivity index (χ2v) is 9.53. The fraction of sp³-hybridized carbons (Fsp3) is 0.185. The number of rotatable bonds is 9. The van der Waals surface area contributed by atoms with Crippen molar-refractivity contribution in [3.05, 3.63) is 112 Å². The van der Waals surface area contributed by atoms with Gasteiger partial charge in [-0.25, -0.2) is 23.5 Å². The molecule has 0 aliphatic heterocycles. The van der Waals surface area contributed by atoms with Gasteiger partial charge in [-0.3, -0.25) is 14.3 Å². The van der Waals surface area contributed by atoms with Crippen LogP contribution in [0.4, 0.5) is 17.6 Å². The third-order valence-corrected chi connectivity index (χ3v) is 6.46. The van der Waals surface area contributed by atoms with Crippen molar-refractivity contribution in [2.24, 2.45) is 0 Å². The molecule has 5 aromatic rings. The van der Waals surface area contributed by atoms with Gasteiger partial charge in [-0.1, -0.05) is 23.7 Å². The number of halogens is 5. The summed E-state index contributed by atoms with van der Waals surface area (Å²) in [5, 5.41) is 18.5. The number of hydrogen-bond donors (Lipinski definition) is 1. The van der Waals surface area contributed by atoms with Crippen LogP contribution in [-0.4, -0.2) is 57.3 Å². The highest BCUT2D eigenvalue weighted by Gasteiger charge is 2.39. The summed E-state index contributed by atoms with van der Waals surface area (Å²) in [4.78, 5) is 34.3. The van der Waals surface area contributed by atoms with Crippen LogP contribution < -0.4 is 5.69 Å². The summed E-state index contributed by atoms with van der Waals surface area (Å²) < 4.78 is 56.4. The molecule has 15 heteroatoms. The van der Waals surface area contributed by atoms with Crippen LogP contribution in [0.1, 0.15) is 21.9 Å². The molecule has 10 nitrogen and oxygen atoms in total. The predicted molar refractivity (Wildman–Crippen MR) is 142 cm³/mol. The highest BCUT2D eigenvalue weighted by molar-refractivity contribution is 6.30. The molecule has 0 aliphatic carbocycles. The number of pyridine rings is 1. The Hall–Kier alpha value is -4.69. The van der Waals surface area contributed by atoms with Crippen molar-refractivity contribution in [2.45, 2.75) is 31.8 Å². The third-order valence-electron chi connectivity index (χ3n) is 6.20. The Morgan fingerprint density at radius 1 is 1.00 bits per heavy atom. The lowest BCUT2D eigenvalue weighted by Crippen LogP contribution is -2.37. The monoisotopic (exact) mass is 601 g/mol. The zero-order valence-electron chi connectivity index (χ0n) is 21.4. The Labute approximate surface area is 239 Å². The summed E-state index contributed by atoms with van der Waals surface area (Å²) in [5.74, 6) is -1.22. The van der Waals surface area contributed by atoms with Crippen LogP contribution in [0.25, 0.3) is 17.1 Å². The molecule has 42 heavy (non-hydrogen) atoms. The van der Waals surface area contributed by atoms with Gasteiger partial charge in [-0.05, 0) is 48.5 Å². The number of aliphatic hydroxyl groups excluding tert-OH is 1. The Morgan fingerprint density at radius 3 is 2.45 bits per heavy atom. The molecule has 0 radical (unpaired) electrons. The first-order valence-electron chi connectivity index (χ1n) is 12.3. The largest absolute Gasteiger partial charge is 0.416 e. The number of ketones is 1. The van der Waals surface area contributed by atoms with Gasteiger partial charge in [-0.2, -0.15) is 13.2 Å². The van der Waals surface area contributed by atoms with E-state index >= 15 is 0 Å². The van der Waals surface area contributed by atoms with Gasteiger partial charge in [0.05, 0.1) is 29.9 Å². The van der Waals surface area contributed by atoms with Crippen molar-refractivity contribution in [2.75, 3.05) is 0 Å². The van der Waals surface area contributed by atoms with Gasteiger partial charge in [0.2, 0.25) is 0 Å². The normalized spacial score (nSPS) is 12.4. The van der Waals surface area contributed by atoms with Crippen molar-refractivity contribution in [1.82, 2.24) is 34.1 Å². The molecule has 3 heterocycles. The fourth-order valence-electron chi connectivity index (χ4n) is 4.13. The summed E-state index contributed by atoms with van der Waals surface area (Å²) >= 11 is 5.92. The highest BCUT2D eigenvalue weighted by Crippen LogP contribution is 2.24. The van der Waals surface area contributed by atoms with E-state index in [9.17, 15) is 32.3 Å². The molecule has 5 rings (SSSR count). The summed E-state index contributed by atoms with van der Waals surface area (Å²) in [6.07, 6.45) is -5.24. The van der Waals surface area contributed by atoms with Crippen LogP contribution in [0.2, 0.25) is 5.02 Å². The molecule has 0 amide bonds. The molecule has 1 atom stereocenters. The number of Topliss-reactive ketones (excluding diaryl/α,β-unsaturated/α-hetero) is 1. The van der Waals surface area contributed by atoms with Gasteiger partial charge >= 0.3 is 11.9 Å². The standard InChI is InChI=1S/C27H20ClF4N7O3/c28-17-9-7-16(8-10-17)25-36-38(26(42)37(25)13-23(41)27(30,31)32)14-24-34-15-39(35-24)21-6-3-11-33-20(21)12-22(40)18-4-1-2-5-19(18)29/h1-11,15,23,41H,12-14H2/t23-/m0/s1. The third kappa shape index (κ3) is 6.14. The van der Waals surface area contributed by atoms with Gasteiger partial charge < -0.3 is 5.11 Å². The first kappa shape index (κ1) is 28.8. The minimum atomic E-state index is -4.96. The van der Waals surface area contributed by atoms with Gasteiger partial charge in [-0.15, -0.1) is 10.2 Å². The predicted octanol–water partition coefficient (Wildman–Crippen LogP) is 3.88. The molecule has 0 bridgehead atoms. The Kier molecular flexibility index (Phi) is 8.00. The average molecular weight is 602 g/mol. The van der Waals surface area contributed by atoms with E-state index in [0.717, 1.165) is 4.68 Å². The lowest BCUT2D eigenvalue weighted by molar-refractivity contribution is -0.207. The van der Waals surface area contributed by atoms with E-state index in [4.69, 9.17) is 11.6 Å². The minimum absolute atomic E-state index is 0.0657. The Morgan fingerprint density at radius 2 is 1.74 bits per heavy atom. The van der Waals surface area contributed by atoms with Gasteiger partial charge in [0.1, 0.15) is 18.7 Å². The van der Waals surface area contributed by atoms with E-state index < -0.39 is 36.1 Å². The lowest BCUT2D eigenvalue weighted by atomic mass is 10.0. The van der Waals surface area contributed by atoms with Crippen LogP contribution in [-0.2, 0) is 19.5 Å². The first-order chi connectivity index (χ1) is 20.0. The molecule has 0 saturated carbocycles. The smallest absolute Gasteiger partial charge is 0.382 e. The molecule has 2 aromatic carbocycles.